The second kappa shape index (κ2) is 8.70. The van der Waals surface area contributed by atoms with E-state index in [1.165, 1.54) is 47.4 Å². The van der Waals surface area contributed by atoms with Crippen LogP contribution >= 0.6 is 11.3 Å². The van der Waals surface area contributed by atoms with Crippen LogP contribution in [0, 0.1) is 5.82 Å². The van der Waals surface area contributed by atoms with Crippen molar-refractivity contribution in [1.29, 1.82) is 0 Å². The Bertz CT molecular complexity index is 955. The standard InChI is InChI=1S/C19H18FN3O3S/c1-26-11-10-23-17(24)9-8-15(22-23)19(25)21-18(16-3-2-12-27-16)13-4-6-14(20)7-5-13/h2-9,12,18H,10-11H2,1H3,(H,21,25)/t18-/m1/s1. The van der Waals surface area contributed by atoms with Crippen LogP contribution in [0.4, 0.5) is 4.39 Å². The first kappa shape index (κ1) is 18.9. The number of nitrogens with zero attached hydrogens (tertiary/aromatic N) is 2. The molecule has 0 aliphatic carbocycles. The highest BCUT2D eigenvalue weighted by Gasteiger charge is 2.20. The van der Waals surface area contributed by atoms with Gasteiger partial charge in [0.15, 0.2) is 0 Å². The lowest BCUT2D eigenvalue weighted by atomic mass is 10.0. The van der Waals surface area contributed by atoms with Gasteiger partial charge < -0.3 is 10.1 Å². The summed E-state index contributed by atoms with van der Waals surface area (Å²) in [7, 11) is 1.52. The smallest absolute Gasteiger partial charge is 0.272 e. The molecule has 6 nitrogen and oxygen atoms in total. The fourth-order valence-electron chi connectivity index (χ4n) is 2.54. The van der Waals surface area contributed by atoms with Gasteiger partial charge in [-0.1, -0.05) is 18.2 Å². The molecule has 3 rings (SSSR count). The van der Waals surface area contributed by atoms with Gasteiger partial charge in [-0.2, -0.15) is 5.10 Å². The number of carbonyl (C=O) groups excluding carboxylic acids is 1. The van der Waals surface area contributed by atoms with Gasteiger partial charge >= 0.3 is 0 Å². The maximum absolute atomic E-state index is 13.3. The largest absolute Gasteiger partial charge is 0.383 e. The molecule has 0 unspecified atom stereocenters. The lowest BCUT2D eigenvalue weighted by Crippen LogP contribution is -2.32. The highest BCUT2D eigenvalue weighted by atomic mass is 32.1. The summed E-state index contributed by atoms with van der Waals surface area (Å²) in [5, 5.41) is 8.93. The summed E-state index contributed by atoms with van der Waals surface area (Å²) in [4.78, 5) is 25.5. The van der Waals surface area contributed by atoms with E-state index in [4.69, 9.17) is 4.74 Å². The quantitative estimate of drug-likeness (QED) is 0.676. The van der Waals surface area contributed by atoms with Crippen molar-refractivity contribution in [3.63, 3.8) is 0 Å². The van der Waals surface area contributed by atoms with E-state index in [0.29, 0.717) is 6.61 Å². The van der Waals surface area contributed by atoms with E-state index in [1.807, 2.05) is 17.5 Å². The zero-order valence-corrected chi connectivity index (χ0v) is 15.4. The lowest BCUT2D eigenvalue weighted by Gasteiger charge is -2.18. The minimum atomic E-state index is -0.445. The number of ether oxygens (including phenoxy) is 1. The third-order valence-corrected chi connectivity index (χ3v) is 4.85. The van der Waals surface area contributed by atoms with Crippen molar-refractivity contribution in [2.75, 3.05) is 13.7 Å². The van der Waals surface area contributed by atoms with Gasteiger partial charge in [-0.3, -0.25) is 9.59 Å². The first-order chi connectivity index (χ1) is 13.1. The number of amides is 1. The molecule has 0 radical (unpaired) electrons. The Balaban J connectivity index is 1.87. The Labute approximate surface area is 159 Å². The monoisotopic (exact) mass is 387 g/mol. The molecule has 0 fully saturated rings. The summed E-state index contributed by atoms with van der Waals surface area (Å²) >= 11 is 1.48. The van der Waals surface area contributed by atoms with Crippen LogP contribution in [-0.4, -0.2) is 29.4 Å². The third kappa shape index (κ3) is 4.66. The van der Waals surface area contributed by atoms with Gasteiger partial charge in [0.2, 0.25) is 0 Å². The van der Waals surface area contributed by atoms with E-state index in [-0.39, 0.29) is 23.6 Å². The van der Waals surface area contributed by atoms with Crippen LogP contribution in [-0.2, 0) is 11.3 Å². The first-order valence-corrected chi connectivity index (χ1v) is 9.13. The topological polar surface area (TPSA) is 73.2 Å². The fraction of sp³-hybridized carbons (Fsp3) is 0.211. The van der Waals surface area contributed by atoms with E-state index in [9.17, 15) is 14.0 Å². The molecule has 0 aliphatic heterocycles. The van der Waals surface area contributed by atoms with Crippen LogP contribution < -0.4 is 10.9 Å². The number of carbonyl (C=O) groups is 1. The van der Waals surface area contributed by atoms with E-state index in [1.54, 1.807) is 12.1 Å². The molecule has 1 amide bonds. The maximum Gasteiger partial charge on any atom is 0.272 e. The molecular weight excluding hydrogens is 369 g/mol. The van der Waals surface area contributed by atoms with Crippen LogP contribution in [0.3, 0.4) is 0 Å². The lowest BCUT2D eigenvalue weighted by molar-refractivity contribution is 0.0934. The predicted octanol–water partition coefficient (Wildman–Crippen LogP) is 2.61. The highest BCUT2D eigenvalue weighted by molar-refractivity contribution is 7.10. The van der Waals surface area contributed by atoms with Crippen LogP contribution in [0.2, 0.25) is 0 Å². The molecule has 0 bridgehead atoms. The molecule has 0 saturated carbocycles. The number of thiophene rings is 1. The highest BCUT2D eigenvalue weighted by Crippen LogP contribution is 2.26. The van der Waals surface area contributed by atoms with Gasteiger partial charge in [0.1, 0.15) is 11.5 Å². The van der Waals surface area contributed by atoms with E-state index in [2.05, 4.69) is 10.4 Å². The van der Waals surface area contributed by atoms with Gasteiger partial charge in [-0.25, -0.2) is 9.07 Å². The number of hydrogen-bond donors (Lipinski definition) is 1. The minimum Gasteiger partial charge on any atom is -0.383 e. The number of nitrogens with one attached hydrogen (secondary N) is 1. The molecule has 0 saturated heterocycles. The number of methoxy groups -OCH3 is 1. The molecule has 1 atom stereocenters. The Morgan fingerprint density at radius 3 is 2.70 bits per heavy atom. The van der Waals surface area contributed by atoms with Crippen LogP contribution in [0.15, 0.2) is 58.7 Å². The zero-order chi connectivity index (χ0) is 19.2. The number of halogens is 1. The summed E-state index contributed by atoms with van der Waals surface area (Å²) in [6, 6.07) is 12.0. The Hall–Kier alpha value is -2.84. The van der Waals surface area contributed by atoms with E-state index >= 15 is 0 Å². The number of aromatic nitrogens is 2. The second-order valence-electron chi connectivity index (χ2n) is 5.75. The summed E-state index contributed by atoms with van der Waals surface area (Å²) < 4.78 is 19.4. The minimum absolute atomic E-state index is 0.120. The molecule has 0 spiro atoms. The molecule has 2 heterocycles. The van der Waals surface area contributed by atoms with Gasteiger partial charge in [-0.15, -0.1) is 11.3 Å². The first-order valence-electron chi connectivity index (χ1n) is 8.25. The Morgan fingerprint density at radius 2 is 2.04 bits per heavy atom. The summed E-state index contributed by atoms with van der Waals surface area (Å²) in [5.74, 6) is -0.772. The molecule has 1 N–H and O–H groups in total. The van der Waals surface area contributed by atoms with E-state index < -0.39 is 11.9 Å². The van der Waals surface area contributed by atoms with Crippen molar-refractivity contribution < 1.29 is 13.9 Å². The number of hydrogen-bond acceptors (Lipinski definition) is 5. The second-order valence-corrected chi connectivity index (χ2v) is 6.73. The Kier molecular flexibility index (Phi) is 6.10. The third-order valence-electron chi connectivity index (χ3n) is 3.91. The number of benzene rings is 1. The van der Waals surface area contributed by atoms with Gasteiger partial charge in [0, 0.05) is 18.1 Å². The maximum atomic E-state index is 13.3. The summed E-state index contributed by atoms with van der Waals surface area (Å²) in [6.45, 7) is 0.564. The summed E-state index contributed by atoms with van der Waals surface area (Å²) in [5.41, 5.74) is 0.561. The van der Waals surface area contributed by atoms with Crippen molar-refractivity contribution >= 4 is 17.2 Å². The molecule has 3 aromatic rings. The molecule has 27 heavy (non-hydrogen) atoms. The van der Waals surface area contributed by atoms with Crippen molar-refractivity contribution in [2.24, 2.45) is 0 Å². The molecular formula is C19H18FN3O3S. The van der Waals surface area contributed by atoms with Crippen LogP contribution in [0.1, 0.15) is 27.0 Å². The number of rotatable bonds is 7. The molecule has 0 aliphatic rings. The van der Waals surface area contributed by atoms with Crippen molar-refractivity contribution in [3.05, 3.63) is 86.2 Å². The van der Waals surface area contributed by atoms with E-state index in [0.717, 1.165) is 10.4 Å². The SMILES string of the molecule is COCCn1nc(C(=O)N[C@H](c2ccc(F)cc2)c2cccs2)ccc1=O. The van der Waals surface area contributed by atoms with Crippen molar-refractivity contribution in [2.45, 2.75) is 12.6 Å². The van der Waals surface area contributed by atoms with Crippen LogP contribution in [0.25, 0.3) is 0 Å². The fourth-order valence-corrected chi connectivity index (χ4v) is 3.34. The molecule has 2 aromatic heterocycles. The van der Waals surface area contributed by atoms with Crippen molar-refractivity contribution in [3.8, 4) is 0 Å². The molecule has 140 valence electrons. The van der Waals surface area contributed by atoms with Crippen molar-refractivity contribution in [1.82, 2.24) is 15.1 Å². The Morgan fingerprint density at radius 1 is 1.26 bits per heavy atom. The average molecular weight is 387 g/mol. The molecule has 8 heteroatoms. The van der Waals surface area contributed by atoms with Gasteiger partial charge in [-0.05, 0) is 35.2 Å². The zero-order valence-electron chi connectivity index (χ0n) is 14.6. The summed E-state index contributed by atoms with van der Waals surface area (Å²) in [6.07, 6.45) is 0. The van der Waals surface area contributed by atoms with Gasteiger partial charge in [0.05, 0.1) is 19.2 Å². The average Bonchev–Trinajstić information content (AvgIpc) is 3.20. The van der Waals surface area contributed by atoms with Gasteiger partial charge in [0.25, 0.3) is 11.5 Å². The normalized spacial score (nSPS) is 11.9. The predicted molar refractivity (Wildman–Crippen MR) is 100 cm³/mol. The molecule has 1 aromatic carbocycles. The van der Waals surface area contributed by atoms with Crippen LogP contribution in [0.5, 0.6) is 0 Å².